The van der Waals surface area contributed by atoms with Crippen molar-refractivity contribution in [3.05, 3.63) is 23.8 Å². The van der Waals surface area contributed by atoms with Crippen LogP contribution >= 0.6 is 0 Å². The molecule has 1 aromatic rings. The molecular formula is C13H18N2O3. The molecule has 0 aliphatic carbocycles. The molecular weight excluding hydrogens is 232 g/mol. The molecule has 0 radical (unpaired) electrons. The number of nitrogen functional groups attached to an aromatic ring is 1. The van der Waals surface area contributed by atoms with Crippen LogP contribution in [0.3, 0.4) is 0 Å². The summed E-state index contributed by atoms with van der Waals surface area (Å²) in [6, 6.07) is 4.58. The van der Waals surface area contributed by atoms with E-state index in [4.69, 9.17) is 15.6 Å². The van der Waals surface area contributed by atoms with Gasteiger partial charge in [-0.25, -0.2) is 4.79 Å². The summed E-state index contributed by atoms with van der Waals surface area (Å²) in [6.07, 6.45) is 2.24. The van der Waals surface area contributed by atoms with E-state index in [9.17, 15) is 4.79 Å². The normalized spacial score (nSPS) is 20.6. The van der Waals surface area contributed by atoms with E-state index in [1.165, 1.54) is 12.1 Å². The predicted molar refractivity (Wildman–Crippen MR) is 69.0 cm³/mol. The first-order valence-electron chi connectivity index (χ1n) is 6.04. The summed E-state index contributed by atoms with van der Waals surface area (Å²) in [5, 5.41) is 8.85. The van der Waals surface area contributed by atoms with Crippen molar-refractivity contribution in [2.75, 3.05) is 25.9 Å². The maximum Gasteiger partial charge on any atom is 0.335 e. The van der Waals surface area contributed by atoms with Crippen LogP contribution in [0.5, 0.6) is 5.75 Å². The second-order valence-corrected chi connectivity index (χ2v) is 4.70. The molecule has 5 heteroatoms. The highest BCUT2D eigenvalue weighted by molar-refractivity contribution is 5.89. The lowest BCUT2D eigenvalue weighted by atomic mass is 10.1. The molecule has 3 N–H and O–H groups in total. The molecule has 0 amide bonds. The van der Waals surface area contributed by atoms with E-state index in [0.29, 0.717) is 11.4 Å². The minimum atomic E-state index is -0.981. The Kier molecular flexibility index (Phi) is 3.72. The number of aromatic carboxylic acids is 1. The smallest absolute Gasteiger partial charge is 0.335 e. The lowest BCUT2D eigenvalue weighted by molar-refractivity contribution is 0.0697. The summed E-state index contributed by atoms with van der Waals surface area (Å²) in [7, 11) is 2.06. The molecule has 0 spiro atoms. The van der Waals surface area contributed by atoms with Crippen molar-refractivity contribution in [3.8, 4) is 5.75 Å². The maximum absolute atomic E-state index is 10.8. The van der Waals surface area contributed by atoms with E-state index in [2.05, 4.69) is 11.9 Å². The average Bonchev–Trinajstić information content (AvgIpc) is 2.31. The quantitative estimate of drug-likeness (QED) is 0.794. The maximum atomic E-state index is 10.8. The van der Waals surface area contributed by atoms with Crippen molar-refractivity contribution >= 4 is 11.7 Å². The number of likely N-dealkylation sites (tertiary alicyclic amines) is 1. The molecule has 2 rings (SSSR count). The second kappa shape index (κ2) is 5.27. The number of piperidine rings is 1. The summed E-state index contributed by atoms with van der Waals surface area (Å²) < 4.78 is 5.83. The first-order valence-corrected chi connectivity index (χ1v) is 6.04. The van der Waals surface area contributed by atoms with Gasteiger partial charge in [-0.3, -0.25) is 0 Å². The first-order chi connectivity index (χ1) is 8.56. The number of carboxylic acids is 1. The third-order valence-electron chi connectivity index (χ3n) is 3.13. The Balaban J connectivity index is 2.07. The molecule has 0 aromatic heterocycles. The Labute approximate surface area is 106 Å². The summed E-state index contributed by atoms with van der Waals surface area (Å²) in [5.41, 5.74) is 6.37. The molecule has 1 aromatic carbocycles. The van der Waals surface area contributed by atoms with E-state index >= 15 is 0 Å². The molecule has 1 atom stereocenters. The van der Waals surface area contributed by atoms with Gasteiger partial charge in [-0.1, -0.05) is 0 Å². The van der Waals surface area contributed by atoms with Crippen LogP contribution in [-0.2, 0) is 0 Å². The van der Waals surface area contributed by atoms with Crippen LogP contribution in [0.25, 0.3) is 0 Å². The molecule has 1 aliphatic rings. The fourth-order valence-electron chi connectivity index (χ4n) is 2.18. The van der Waals surface area contributed by atoms with Gasteiger partial charge in [0.2, 0.25) is 0 Å². The summed E-state index contributed by atoms with van der Waals surface area (Å²) >= 11 is 0. The van der Waals surface area contributed by atoms with Gasteiger partial charge in [-0.2, -0.15) is 0 Å². The van der Waals surface area contributed by atoms with Gasteiger partial charge in [-0.05, 0) is 44.6 Å². The van der Waals surface area contributed by atoms with Crippen LogP contribution in [0.1, 0.15) is 23.2 Å². The fraction of sp³-hybridized carbons (Fsp3) is 0.462. The minimum Gasteiger partial charge on any atom is -0.487 e. The topological polar surface area (TPSA) is 75.8 Å². The Bertz CT molecular complexity index is 448. The number of nitrogens with zero attached hydrogens (tertiary/aromatic N) is 1. The van der Waals surface area contributed by atoms with Crippen LogP contribution in [0.4, 0.5) is 5.69 Å². The van der Waals surface area contributed by atoms with E-state index in [0.717, 1.165) is 25.9 Å². The zero-order chi connectivity index (χ0) is 13.1. The molecule has 1 heterocycles. The third-order valence-corrected chi connectivity index (χ3v) is 3.13. The average molecular weight is 250 g/mol. The van der Waals surface area contributed by atoms with Crippen LogP contribution in [0, 0.1) is 0 Å². The highest BCUT2D eigenvalue weighted by Gasteiger charge is 2.19. The van der Waals surface area contributed by atoms with Gasteiger partial charge in [0.15, 0.2) is 0 Å². The number of carboxylic acid groups (broad SMARTS) is 1. The van der Waals surface area contributed by atoms with Gasteiger partial charge in [0, 0.05) is 6.54 Å². The Morgan fingerprint density at radius 1 is 1.56 bits per heavy atom. The molecule has 18 heavy (non-hydrogen) atoms. The van der Waals surface area contributed by atoms with E-state index in [1.807, 2.05) is 0 Å². The number of anilines is 1. The number of carbonyl (C=O) groups is 1. The second-order valence-electron chi connectivity index (χ2n) is 4.70. The molecule has 0 bridgehead atoms. The number of likely N-dealkylation sites (N-methyl/N-ethyl adjacent to an activating group) is 1. The highest BCUT2D eigenvalue weighted by Crippen LogP contribution is 2.25. The minimum absolute atomic E-state index is 0.127. The molecule has 5 nitrogen and oxygen atoms in total. The highest BCUT2D eigenvalue weighted by atomic mass is 16.5. The molecule has 1 unspecified atom stereocenters. The summed E-state index contributed by atoms with van der Waals surface area (Å²) in [5.74, 6) is -0.411. The Morgan fingerprint density at radius 2 is 2.33 bits per heavy atom. The Morgan fingerprint density at radius 3 is 2.94 bits per heavy atom. The summed E-state index contributed by atoms with van der Waals surface area (Å²) in [4.78, 5) is 13.0. The number of nitrogens with two attached hydrogens (primary N) is 1. The molecule has 1 saturated heterocycles. The Hall–Kier alpha value is -1.75. The number of ether oxygens (including phenoxy) is 1. The van der Waals surface area contributed by atoms with Crippen molar-refractivity contribution in [1.82, 2.24) is 4.90 Å². The van der Waals surface area contributed by atoms with Crippen LogP contribution < -0.4 is 10.5 Å². The standard InChI is InChI=1S/C13H18N2O3/c1-15-6-2-3-10(8-15)18-12-5-4-9(13(16)17)7-11(12)14/h4-5,7,10H,2-3,6,8,14H2,1H3,(H,16,17). The van der Waals surface area contributed by atoms with E-state index < -0.39 is 5.97 Å². The SMILES string of the molecule is CN1CCCC(Oc2ccc(C(=O)O)cc2N)C1. The van der Waals surface area contributed by atoms with Crippen molar-refractivity contribution in [2.45, 2.75) is 18.9 Å². The molecule has 1 fully saturated rings. The van der Waals surface area contributed by atoms with Crippen LogP contribution in [-0.4, -0.2) is 42.2 Å². The number of hydrogen-bond donors (Lipinski definition) is 2. The summed E-state index contributed by atoms with van der Waals surface area (Å²) in [6.45, 7) is 1.97. The van der Waals surface area contributed by atoms with E-state index in [1.54, 1.807) is 6.07 Å². The molecule has 1 aliphatic heterocycles. The molecule has 0 saturated carbocycles. The van der Waals surface area contributed by atoms with Crippen molar-refractivity contribution < 1.29 is 14.6 Å². The zero-order valence-corrected chi connectivity index (χ0v) is 10.4. The predicted octanol–water partition coefficient (Wildman–Crippen LogP) is 1.44. The third kappa shape index (κ3) is 2.92. The molecule has 98 valence electrons. The van der Waals surface area contributed by atoms with Gasteiger partial charge in [-0.15, -0.1) is 0 Å². The monoisotopic (exact) mass is 250 g/mol. The van der Waals surface area contributed by atoms with Crippen LogP contribution in [0.15, 0.2) is 18.2 Å². The van der Waals surface area contributed by atoms with Crippen molar-refractivity contribution in [2.24, 2.45) is 0 Å². The lowest BCUT2D eigenvalue weighted by Gasteiger charge is -2.30. The number of rotatable bonds is 3. The lowest BCUT2D eigenvalue weighted by Crippen LogP contribution is -2.38. The van der Waals surface area contributed by atoms with Crippen molar-refractivity contribution in [1.29, 1.82) is 0 Å². The fourth-order valence-corrected chi connectivity index (χ4v) is 2.18. The zero-order valence-electron chi connectivity index (χ0n) is 10.4. The van der Waals surface area contributed by atoms with Gasteiger partial charge < -0.3 is 20.5 Å². The van der Waals surface area contributed by atoms with Crippen molar-refractivity contribution in [3.63, 3.8) is 0 Å². The van der Waals surface area contributed by atoms with E-state index in [-0.39, 0.29) is 11.7 Å². The first kappa shape index (κ1) is 12.7. The van der Waals surface area contributed by atoms with Gasteiger partial charge >= 0.3 is 5.97 Å². The van der Waals surface area contributed by atoms with Crippen LogP contribution in [0.2, 0.25) is 0 Å². The van der Waals surface area contributed by atoms with Gasteiger partial charge in [0.25, 0.3) is 0 Å². The number of benzene rings is 1. The largest absolute Gasteiger partial charge is 0.487 e. The number of hydrogen-bond acceptors (Lipinski definition) is 4. The van der Waals surface area contributed by atoms with Gasteiger partial charge in [0.1, 0.15) is 11.9 Å². The van der Waals surface area contributed by atoms with Gasteiger partial charge in [0.05, 0.1) is 11.3 Å².